The molecule has 0 fully saturated rings. The van der Waals surface area contributed by atoms with Gasteiger partial charge in [-0.05, 0) is 73.7 Å². The highest BCUT2D eigenvalue weighted by Crippen LogP contribution is 2.26. The summed E-state index contributed by atoms with van der Waals surface area (Å²) in [5.41, 5.74) is 5.86. The van der Waals surface area contributed by atoms with Gasteiger partial charge in [-0.15, -0.1) is 0 Å². The van der Waals surface area contributed by atoms with Crippen LogP contribution in [0.5, 0.6) is 0 Å². The van der Waals surface area contributed by atoms with Gasteiger partial charge in [-0.1, -0.05) is 12.1 Å². The maximum absolute atomic E-state index is 12.9. The van der Waals surface area contributed by atoms with E-state index in [2.05, 4.69) is 20.0 Å². The van der Waals surface area contributed by atoms with E-state index in [1.54, 1.807) is 32.4 Å². The van der Waals surface area contributed by atoms with Crippen molar-refractivity contribution in [1.29, 1.82) is 0 Å². The highest BCUT2D eigenvalue weighted by atomic mass is 32.2. The van der Waals surface area contributed by atoms with Crippen molar-refractivity contribution in [3.8, 4) is 11.3 Å². The molecule has 0 saturated carbocycles. The lowest BCUT2D eigenvalue weighted by Crippen LogP contribution is -2.31. The number of aromatic nitrogens is 2. The molecule has 2 aromatic heterocycles. The summed E-state index contributed by atoms with van der Waals surface area (Å²) in [6.07, 6.45) is 5.12. The van der Waals surface area contributed by atoms with Gasteiger partial charge in [-0.2, -0.15) is 0 Å². The predicted molar refractivity (Wildman–Crippen MR) is 125 cm³/mol. The Bertz CT molecular complexity index is 1200. The van der Waals surface area contributed by atoms with Crippen LogP contribution in [0.4, 0.5) is 0 Å². The van der Waals surface area contributed by atoms with Gasteiger partial charge in [-0.25, -0.2) is 13.1 Å². The van der Waals surface area contributed by atoms with Crippen molar-refractivity contribution in [2.45, 2.75) is 45.6 Å². The summed E-state index contributed by atoms with van der Waals surface area (Å²) in [5.74, 6) is -0.244. The van der Waals surface area contributed by atoms with E-state index in [0.29, 0.717) is 11.4 Å². The summed E-state index contributed by atoms with van der Waals surface area (Å²) in [7, 11) is -3.72. The zero-order chi connectivity index (χ0) is 23.3. The van der Waals surface area contributed by atoms with Crippen LogP contribution in [0.2, 0.25) is 0 Å². The number of aryl methyl sites for hydroxylation is 2. The summed E-state index contributed by atoms with van der Waals surface area (Å²) in [6.45, 7) is 7.71. The number of sulfonamides is 1. The molecule has 1 amide bonds. The van der Waals surface area contributed by atoms with Gasteiger partial charge in [0.05, 0.1) is 10.6 Å². The summed E-state index contributed by atoms with van der Waals surface area (Å²) in [5, 5.41) is 2.85. The topological polar surface area (TPSA) is 101 Å². The van der Waals surface area contributed by atoms with E-state index in [0.717, 1.165) is 39.1 Å². The van der Waals surface area contributed by atoms with Crippen LogP contribution in [0.1, 0.15) is 34.2 Å². The molecule has 2 heterocycles. The monoisotopic (exact) mass is 452 g/mol. The molecule has 32 heavy (non-hydrogen) atoms. The normalized spacial score (nSPS) is 11.4. The van der Waals surface area contributed by atoms with E-state index in [1.807, 2.05) is 44.2 Å². The van der Waals surface area contributed by atoms with E-state index in [4.69, 9.17) is 0 Å². The number of pyridine rings is 2. The van der Waals surface area contributed by atoms with Crippen molar-refractivity contribution >= 4 is 15.9 Å². The van der Waals surface area contributed by atoms with E-state index >= 15 is 0 Å². The molecular weight excluding hydrogens is 424 g/mol. The zero-order valence-corrected chi connectivity index (χ0v) is 19.6. The highest BCUT2D eigenvalue weighted by Gasteiger charge is 2.22. The Kier molecular flexibility index (Phi) is 7.37. The fourth-order valence-electron chi connectivity index (χ4n) is 3.59. The molecule has 0 aliphatic heterocycles. The smallest absolute Gasteiger partial charge is 0.241 e. The Morgan fingerprint density at radius 1 is 0.969 bits per heavy atom. The van der Waals surface area contributed by atoms with Crippen LogP contribution in [-0.4, -0.2) is 30.8 Å². The molecule has 7 nitrogen and oxygen atoms in total. The first-order valence-electron chi connectivity index (χ1n) is 10.4. The standard InChI is InChI=1S/C24H28N4O3S/c1-16-14-17(2)19(4)24(18(16)3)32(30,31)28-13-9-22(29)27-15-21-6-5-10-26-23(21)20-7-11-25-12-8-20/h5-8,10-12,14,28H,9,13,15H2,1-4H3,(H,27,29). The number of rotatable bonds is 8. The van der Waals surface area contributed by atoms with Crippen LogP contribution >= 0.6 is 0 Å². The first-order valence-corrected chi connectivity index (χ1v) is 11.9. The Balaban J connectivity index is 1.60. The van der Waals surface area contributed by atoms with Crippen molar-refractivity contribution in [3.05, 3.63) is 76.7 Å². The summed E-state index contributed by atoms with van der Waals surface area (Å²) in [4.78, 5) is 21.1. The molecule has 168 valence electrons. The maximum Gasteiger partial charge on any atom is 0.241 e. The third-order valence-electron chi connectivity index (χ3n) is 5.53. The lowest BCUT2D eigenvalue weighted by Gasteiger charge is -2.16. The quantitative estimate of drug-likeness (QED) is 0.546. The van der Waals surface area contributed by atoms with Crippen LogP contribution in [-0.2, 0) is 21.4 Å². The molecule has 0 spiro atoms. The lowest BCUT2D eigenvalue weighted by atomic mass is 10.0. The number of benzene rings is 1. The minimum Gasteiger partial charge on any atom is -0.352 e. The Labute approximate surface area is 189 Å². The van der Waals surface area contributed by atoms with E-state index in [9.17, 15) is 13.2 Å². The molecular formula is C24H28N4O3S. The SMILES string of the molecule is Cc1cc(C)c(C)c(S(=O)(=O)NCCC(=O)NCc2cccnc2-c2ccncc2)c1C. The van der Waals surface area contributed by atoms with Gasteiger partial charge in [0.1, 0.15) is 0 Å². The van der Waals surface area contributed by atoms with Gasteiger partial charge >= 0.3 is 0 Å². The highest BCUT2D eigenvalue weighted by molar-refractivity contribution is 7.89. The van der Waals surface area contributed by atoms with Crippen molar-refractivity contribution in [2.24, 2.45) is 0 Å². The van der Waals surface area contributed by atoms with Crippen LogP contribution in [0, 0.1) is 27.7 Å². The number of nitrogens with one attached hydrogen (secondary N) is 2. The number of amides is 1. The maximum atomic E-state index is 12.9. The summed E-state index contributed by atoms with van der Waals surface area (Å²) < 4.78 is 28.3. The van der Waals surface area contributed by atoms with Gasteiger partial charge < -0.3 is 5.32 Å². The number of hydrogen-bond donors (Lipinski definition) is 2. The molecule has 1 aromatic carbocycles. The molecule has 0 bridgehead atoms. The van der Waals surface area contributed by atoms with E-state index in [1.165, 1.54) is 0 Å². The lowest BCUT2D eigenvalue weighted by molar-refractivity contribution is -0.121. The van der Waals surface area contributed by atoms with Crippen LogP contribution in [0.25, 0.3) is 11.3 Å². The van der Waals surface area contributed by atoms with Gasteiger partial charge in [0.25, 0.3) is 0 Å². The van der Waals surface area contributed by atoms with Gasteiger partial charge in [0.15, 0.2) is 0 Å². The van der Waals surface area contributed by atoms with E-state index < -0.39 is 10.0 Å². The number of carbonyl (C=O) groups is 1. The first kappa shape index (κ1) is 23.6. The second-order valence-corrected chi connectivity index (χ2v) is 9.46. The van der Waals surface area contributed by atoms with Crippen molar-refractivity contribution < 1.29 is 13.2 Å². The Hall–Kier alpha value is -3.10. The van der Waals surface area contributed by atoms with Gasteiger partial charge in [0, 0.05) is 43.7 Å². The zero-order valence-electron chi connectivity index (χ0n) is 18.8. The fraction of sp³-hybridized carbons (Fsp3) is 0.292. The molecule has 3 rings (SSSR count). The van der Waals surface area contributed by atoms with Crippen LogP contribution in [0.3, 0.4) is 0 Å². The first-order chi connectivity index (χ1) is 15.2. The Morgan fingerprint density at radius 3 is 2.28 bits per heavy atom. The molecule has 0 atom stereocenters. The van der Waals surface area contributed by atoms with E-state index in [-0.39, 0.29) is 18.9 Å². The van der Waals surface area contributed by atoms with Gasteiger partial charge in [-0.3, -0.25) is 14.8 Å². The van der Waals surface area contributed by atoms with Crippen molar-refractivity contribution in [1.82, 2.24) is 20.0 Å². The van der Waals surface area contributed by atoms with Crippen molar-refractivity contribution in [3.63, 3.8) is 0 Å². The predicted octanol–water partition coefficient (Wildman–Crippen LogP) is 3.36. The average molecular weight is 453 g/mol. The number of carbonyl (C=O) groups excluding carboxylic acids is 1. The molecule has 0 aliphatic carbocycles. The molecule has 8 heteroatoms. The summed E-state index contributed by atoms with van der Waals surface area (Å²) >= 11 is 0. The minimum atomic E-state index is -3.72. The second-order valence-electron chi connectivity index (χ2n) is 7.76. The molecule has 0 saturated heterocycles. The van der Waals surface area contributed by atoms with Crippen molar-refractivity contribution in [2.75, 3.05) is 6.54 Å². The van der Waals surface area contributed by atoms with Crippen LogP contribution < -0.4 is 10.0 Å². The third kappa shape index (κ3) is 5.38. The molecule has 3 aromatic rings. The molecule has 2 N–H and O–H groups in total. The second kappa shape index (κ2) is 10.0. The third-order valence-corrected chi connectivity index (χ3v) is 7.27. The Morgan fingerprint density at radius 2 is 1.62 bits per heavy atom. The van der Waals surface area contributed by atoms with Gasteiger partial charge in [0.2, 0.25) is 15.9 Å². The molecule has 0 aliphatic rings. The largest absolute Gasteiger partial charge is 0.352 e. The number of hydrogen-bond acceptors (Lipinski definition) is 5. The molecule has 0 radical (unpaired) electrons. The summed E-state index contributed by atoms with van der Waals surface area (Å²) in [6, 6.07) is 9.42. The van der Waals surface area contributed by atoms with Crippen LogP contribution in [0.15, 0.2) is 53.8 Å². The number of nitrogens with zero attached hydrogens (tertiary/aromatic N) is 2. The minimum absolute atomic E-state index is 0.0181. The molecule has 0 unspecified atom stereocenters. The average Bonchev–Trinajstić information content (AvgIpc) is 2.77. The fourth-order valence-corrected chi connectivity index (χ4v) is 5.23.